The number of benzene rings is 2. The third kappa shape index (κ3) is 3.45. The highest BCUT2D eigenvalue weighted by Gasteiger charge is 2.23. The van der Waals surface area contributed by atoms with E-state index in [1.165, 1.54) is 10.7 Å². The van der Waals surface area contributed by atoms with Gasteiger partial charge in [0, 0.05) is 11.4 Å². The van der Waals surface area contributed by atoms with Gasteiger partial charge in [0.2, 0.25) is 0 Å². The highest BCUT2D eigenvalue weighted by molar-refractivity contribution is 6.01. The maximum absolute atomic E-state index is 13.6. The van der Waals surface area contributed by atoms with E-state index < -0.39 is 6.04 Å². The van der Waals surface area contributed by atoms with Gasteiger partial charge in [-0.25, -0.2) is 4.52 Å². The van der Waals surface area contributed by atoms with Gasteiger partial charge >= 0.3 is 0 Å². The second-order valence-electron chi connectivity index (χ2n) is 8.02. The van der Waals surface area contributed by atoms with Crippen molar-refractivity contribution in [3.8, 4) is 5.69 Å². The molecule has 1 N–H and O–H groups in total. The summed E-state index contributed by atoms with van der Waals surface area (Å²) in [5, 5.41) is 16.8. The smallest absolute Gasteiger partial charge is 0.263 e. The summed E-state index contributed by atoms with van der Waals surface area (Å²) in [4.78, 5) is 26.9. The summed E-state index contributed by atoms with van der Waals surface area (Å²) in [6.45, 7) is 5.55. The van der Waals surface area contributed by atoms with Gasteiger partial charge in [-0.15, -0.1) is 5.10 Å². The average Bonchev–Trinajstić information content (AvgIpc) is 3.15. The predicted octanol–water partition coefficient (Wildman–Crippen LogP) is 3.54. The summed E-state index contributed by atoms with van der Waals surface area (Å²) >= 11 is 0. The number of hydrogen-bond donors (Lipinski definition) is 1. The number of nitrogens with one attached hydrogen (secondary N) is 1. The van der Waals surface area contributed by atoms with Crippen molar-refractivity contribution in [1.82, 2.24) is 29.7 Å². The van der Waals surface area contributed by atoms with Crippen molar-refractivity contribution in [2.75, 3.05) is 0 Å². The molecule has 0 bridgehead atoms. The minimum absolute atomic E-state index is 0.120. The molecule has 164 valence electrons. The molecule has 0 radical (unpaired) electrons. The zero-order valence-corrected chi connectivity index (χ0v) is 18.5. The summed E-state index contributed by atoms with van der Waals surface area (Å²) in [5.74, 6) is -0.327. The van der Waals surface area contributed by atoms with Crippen LogP contribution in [0.4, 0.5) is 0 Å². The molecular formula is C25H22N6O2. The minimum atomic E-state index is -0.471. The molecule has 0 spiro atoms. The van der Waals surface area contributed by atoms with E-state index in [9.17, 15) is 9.59 Å². The first-order valence-electron chi connectivity index (χ1n) is 10.6. The van der Waals surface area contributed by atoms with Crippen LogP contribution in [0.15, 0.2) is 71.8 Å². The van der Waals surface area contributed by atoms with Gasteiger partial charge in [0.1, 0.15) is 5.56 Å². The van der Waals surface area contributed by atoms with E-state index in [2.05, 4.69) is 20.6 Å². The standard InChI is InChI=1S/C25H22N6O2/c1-15-8-7-9-18-14-20(31(25(33)21(15)18)19-10-5-4-6-11-19)16(2)27-24(32)22-17(3)29-30-13-12-26-28-23(22)30/h4-14,16H,1-3H3,(H,27,32)/t16-/m0/s1. The molecule has 0 saturated carbocycles. The van der Waals surface area contributed by atoms with Gasteiger partial charge < -0.3 is 5.32 Å². The molecule has 0 fully saturated rings. The Morgan fingerprint density at radius 2 is 1.85 bits per heavy atom. The van der Waals surface area contributed by atoms with Gasteiger partial charge in [0.15, 0.2) is 5.65 Å². The Morgan fingerprint density at radius 1 is 1.06 bits per heavy atom. The number of carbonyl (C=O) groups is 1. The molecule has 5 rings (SSSR count). The molecule has 1 amide bonds. The Balaban J connectivity index is 1.64. The number of hydrogen-bond acceptors (Lipinski definition) is 5. The molecule has 1 atom stereocenters. The van der Waals surface area contributed by atoms with E-state index in [0.717, 1.165) is 16.6 Å². The fourth-order valence-corrected chi connectivity index (χ4v) is 4.24. The lowest BCUT2D eigenvalue weighted by atomic mass is 10.0. The lowest BCUT2D eigenvalue weighted by molar-refractivity contribution is 0.0939. The van der Waals surface area contributed by atoms with Crippen molar-refractivity contribution in [3.63, 3.8) is 0 Å². The first kappa shape index (κ1) is 20.6. The number of rotatable bonds is 4. The fourth-order valence-electron chi connectivity index (χ4n) is 4.24. The van der Waals surface area contributed by atoms with Gasteiger partial charge in [-0.05, 0) is 49.9 Å². The van der Waals surface area contributed by atoms with Crippen LogP contribution in [0.5, 0.6) is 0 Å². The molecule has 33 heavy (non-hydrogen) atoms. The van der Waals surface area contributed by atoms with Crippen LogP contribution < -0.4 is 10.9 Å². The van der Waals surface area contributed by atoms with Crippen LogP contribution in [0.3, 0.4) is 0 Å². The number of aryl methyl sites for hydroxylation is 2. The molecule has 5 aromatic rings. The van der Waals surface area contributed by atoms with Crippen molar-refractivity contribution < 1.29 is 4.79 Å². The molecule has 2 aromatic carbocycles. The Bertz CT molecular complexity index is 1570. The van der Waals surface area contributed by atoms with Crippen molar-refractivity contribution in [1.29, 1.82) is 0 Å². The maximum atomic E-state index is 13.6. The summed E-state index contributed by atoms with van der Waals surface area (Å²) in [6, 6.07) is 16.7. The normalized spacial score (nSPS) is 12.2. The molecule has 0 unspecified atom stereocenters. The Morgan fingerprint density at radius 3 is 2.64 bits per heavy atom. The van der Waals surface area contributed by atoms with Crippen LogP contribution in [0.1, 0.15) is 40.3 Å². The van der Waals surface area contributed by atoms with Crippen LogP contribution in [-0.2, 0) is 0 Å². The molecular weight excluding hydrogens is 416 g/mol. The fraction of sp³-hybridized carbons (Fsp3) is 0.160. The second kappa shape index (κ2) is 7.98. The topological polar surface area (TPSA) is 94.2 Å². The average molecular weight is 438 g/mol. The second-order valence-corrected chi connectivity index (χ2v) is 8.02. The lowest BCUT2D eigenvalue weighted by Crippen LogP contribution is -2.32. The van der Waals surface area contributed by atoms with Gasteiger partial charge in [-0.3, -0.25) is 14.2 Å². The monoisotopic (exact) mass is 438 g/mol. The van der Waals surface area contributed by atoms with Gasteiger partial charge in [-0.1, -0.05) is 36.4 Å². The van der Waals surface area contributed by atoms with Crippen LogP contribution in [0.2, 0.25) is 0 Å². The lowest BCUT2D eigenvalue weighted by Gasteiger charge is -2.21. The Labute approximate surface area is 189 Å². The molecule has 0 aliphatic heterocycles. The summed E-state index contributed by atoms with van der Waals surface area (Å²) in [7, 11) is 0. The van der Waals surface area contributed by atoms with E-state index >= 15 is 0 Å². The third-order valence-electron chi connectivity index (χ3n) is 5.80. The van der Waals surface area contributed by atoms with Crippen LogP contribution >= 0.6 is 0 Å². The van der Waals surface area contributed by atoms with E-state index in [4.69, 9.17) is 0 Å². The van der Waals surface area contributed by atoms with Crippen molar-refractivity contribution in [2.24, 2.45) is 0 Å². The predicted molar refractivity (Wildman–Crippen MR) is 126 cm³/mol. The zero-order valence-electron chi connectivity index (χ0n) is 18.5. The van der Waals surface area contributed by atoms with E-state index in [1.807, 2.05) is 68.4 Å². The number of carbonyl (C=O) groups excluding carboxylic acids is 1. The van der Waals surface area contributed by atoms with E-state index in [0.29, 0.717) is 28.0 Å². The van der Waals surface area contributed by atoms with Crippen molar-refractivity contribution >= 4 is 22.3 Å². The highest BCUT2D eigenvalue weighted by Crippen LogP contribution is 2.24. The highest BCUT2D eigenvalue weighted by atomic mass is 16.2. The minimum Gasteiger partial charge on any atom is -0.344 e. The third-order valence-corrected chi connectivity index (χ3v) is 5.80. The van der Waals surface area contributed by atoms with Crippen molar-refractivity contribution in [3.05, 3.63) is 99.9 Å². The summed E-state index contributed by atoms with van der Waals surface area (Å²) in [5.41, 5.74) is 3.50. The molecule has 0 aliphatic rings. The first-order chi connectivity index (χ1) is 16.0. The SMILES string of the molecule is Cc1nn2ccnnc2c1C(=O)N[C@@H](C)c1cc2cccc(C)c2c(=O)n1-c1ccccc1. The number of fused-ring (bicyclic) bond motifs is 2. The number of nitrogens with zero attached hydrogens (tertiary/aromatic N) is 5. The number of amides is 1. The van der Waals surface area contributed by atoms with E-state index in [-0.39, 0.29) is 11.5 Å². The largest absolute Gasteiger partial charge is 0.344 e. The summed E-state index contributed by atoms with van der Waals surface area (Å²) < 4.78 is 3.20. The van der Waals surface area contributed by atoms with Gasteiger partial charge in [0.05, 0.1) is 29.5 Å². The van der Waals surface area contributed by atoms with Gasteiger partial charge in [-0.2, -0.15) is 10.2 Å². The van der Waals surface area contributed by atoms with Crippen LogP contribution in [-0.4, -0.2) is 30.3 Å². The number of aromatic nitrogens is 5. The van der Waals surface area contributed by atoms with Crippen molar-refractivity contribution in [2.45, 2.75) is 26.8 Å². The Hall–Kier alpha value is -4.33. The Kier molecular flexibility index (Phi) is 4.97. The number of para-hydroxylation sites is 1. The maximum Gasteiger partial charge on any atom is 0.263 e. The zero-order chi connectivity index (χ0) is 23.1. The molecule has 8 nitrogen and oxygen atoms in total. The quantitative estimate of drug-likeness (QED) is 0.463. The molecule has 0 saturated heterocycles. The first-order valence-corrected chi connectivity index (χ1v) is 10.6. The van der Waals surface area contributed by atoms with E-state index in [1.54, 1.807) is 17.7 Å². The molecule has 8 heteroatoms. The van der Waals surface area contributed by atoms with Crippen LogP contribution in [0.25, 0.3) is 22.1 Å². The van der Waals surface area contributed by atoms with Gasteiger partial charge in [0.25, 0.3) is 11.5 Å². The molecule has 0 aliphatic carbocycles. The molecule has 3 aromatic heterocycles. The van der Waals surface area contributed by atoms with Crippen LogP contribution in [0, 0.1) is 13.8 Å². The summed E-state index contributed by atoms with van der Waals surface area (Å²) in [6.07, 6.45) is 3.16. The molecule has 3 heterocycles. The number of pyridine rings is 1.